The van der Waals surface area contributed by atoms with E-state index in [4.69, 9.17) is 17.3 Å². The molecule has 0 aromatic heterocycles. The van der Waals surface area contributed by atoms with Gasteiger partial charge < -0.3 is 15.5 Å². The molecular weight excluding hydrogens is 246 g/mol. The van der Waals surface area contributed by atoms with E-state index in [1.165, 1.54) is 25.2 Å². The first-order valence-electron chi connectivity index (χ1n) is 6.48. The topological polar surface area (TPSA) is 32.5 Å². The first-order chi connectivity index (χ1) is 8.60. The molecule has 0 amide bonds. The van der Waals surface area contributed by atoms with Gasteiger partial charge in [0.05, 0.1) is 0 Å². The zero-order valence-corrected chi connectivity index (χ0v) is 12.0. The molecule has 3 nitrogen and oxygen atoms in total. The van der Waals surface area contributed by atoms with Crippen LogP contribution in [0.5, 0.6) is 0 Å². The summed E-state index contributed by atoms with van der Waals surface area (Å²) < 4.78 is 0. The molecule has 1 aromatic carbocycles. The Bertz CT molecular complexity index is 408. The summed E-state index contributed by atoms with van der Waals surface area (Å²) >= 11 is 6.01. The summed E-state index contributed by atoms with van der Waals surface area (Å²) in [6.07, 6.45) is 1.28. The van der Waals surface area contributed by atoms with Crippen molar-refractivity contribution in [3.05, 3.63) is 28.8 Å². The Morgan fingerprint density at radius 1 is 1.50 bits per heavy atom. The Kier molecular flexibility index (Phi) is 4.49. The minimum absolute atomic E-state index is 0.533. The van der Waals surface area contributed by atoms with E-state index in [1.807, 2.05) is 12.1 Å². The average molecular weight is 268 g/mol. The molecule has 1 unspecified atom stereocenters. The molecule has 0 saturated carbocycles. The Labute approximate surface area is 115 Å². The van der Waals surface area contributed by atoms with E-state index in [2.05, 4.69) is 30.0 Å². The van der Waals surface area contributed by atoms with Crippen LogP contribution in [0.4, 0.5) is 5.69 Å². The monoisotopic (exact) mass is 267 g/mol. The molecule has 2 rings (SSSR count). The molecule has 2 N–H and O–H groups in total. The lowest BCUT2D eigenvalue weighted by Gasteiger charge is -2.25. The molecule has 1 fully saturated rings. The third-order valence-corrected chi connectivity index (χ3v) is 3.93. The van der Waals surface area contributed by atoms with Crippen molar-refractivity contribution in [3.8, 4) is 0 Å². The van der Waals surface area contributed by atoms with Gasteiger partial charge in [0.25, 0.3) is 0 Å². The normalized spacial score (nSPS) is 20.3. The van der Waals surface area contributed by atoms with Gasteiger partial charge in [-0.25, -0.2) is 0 Å². The molecule has 0 radical (unpaired) electrons. The number of anilines is 1. The Morgan fingerprint density at radius 2 is 2.28 bits per heavy atom. The van der Waals surface area contributed by atoms with Crippen molar-refractivity contribution in [2.24, 2.45) is 11.7 Å². The van der Waals surface area contributed by atoms with Gasteiger partial charge in [0.15, 0.2) is 0 Å². The average Bonchev–Trinajstić information content (AvgIpc) is 2.74. The lowest BCUT2D eigenvalue weighted by Crippen LogP contribution is -2.28. The largest absolute Gasteiger partial charge is 0.374 e. The lowest BCUT2D eigenvalue weighted by molar-refractivity contribution is 0.396. The van der Waals surface area contributed by atoms with Gasteiger partial charge in [-0.05, 0) is 49.7 Å². The molecule has 1 atom stereocenters. The summed E-state index contributed by atoms with van der Waals surface area (Å²) in [6, 6.07) is 5.98. The fourth-order valence-corrected chi connectivity index (χ4v) is 2.95. The molecule has 1 aliphatic rings. The fourth-order valence-electron chi connectivity index (χ4n) is 2.75. The summed E-state index contributed by atoms with van der Waals surface area (Å²) in [5.74, 6) is 0.751. The van der Waals surface area contributed by atoms with Crippen LogP contribution in [0.15, 0.2) is 18.2 Å². The van der Waals surface area contributed by atoms with E-state index in [0.717, 1.165) is 23.0 Å². The van der Waals surface area contributed by atoms with Crippen LogP contribution in [0.2, 0.25) is 5.02 Å². The molecule has 4 heteroatoms. The molecular formula is C14H22ClN3. The van der Waals surface area contributed by atoms with E-state index >= 15 is 0 Å². The highest BCUT2D eigenvalue weighted by atomic mass is 35.5. The molecule has 0 aliphatic carbocycles. The Morgan fingerprint density at radius 3 is 2.89 bits per heavy atom. The highest BCUT2D eigenvalue weighted by Crippen LogP contribution is 2.25. The number of hydrogen-bond acceptors (Lipinski definition) is 3. The van der Waals surface area contributed by atoms with Crippen molar-refractivity contribution in [1.29, 1.82) is 0 Å². The maximum Gasteiger partial charge on any atom is 0.0410 e. The van der Waals surface area contributed by atoms with Crippen molar-refractivity contribution in [1.82, 2.24) is 4.90 Å². The second kappa shape index (κ2) is 5.91. The zero-order chi connectivity index (χ0) is 13.1. The van der Waals surface area contributed by atoms with Crippen LogP contribution in [0, 0.1) is 5.92 Å². The summed E-state index contributed by atoms with van der Waals surface area (Å²) in [4.78, 5) is 4.70. The number of halogens is 1. The maximum atomic E-state index is 6.01. The van der Waals surface area contributed by atoms with Crippen LogP contribution in [-0.4, -0.2) is 38.6 Å². The van der Waals surface area contributed by atoms with Crippen LogP contribution in [0.25, 0.3) is 0 Å². The van der Waals surface area contributed by atoms with Crippen LogP contribution >= 0.6 is 11.6 Å². The van der Waals surface area contributed by atoms with E-state index in [1.54, 1.807) is 0 Å². The van der Waals surface area contributed by atoms with Crippen LogP contribution in [0.3, 0.4) is 0 Å². The fraction of sp³-hybridized carbons (Fsp3) is 0.571. The molecule has 0 bridgehead atoms. The summed E-state index contributed by atoms with van der Waals surface area (Å²) in [5.41, 5.74) is 8.12. The SMILES string of the molecule is CN1CCC(CN(C)c2ccc(Cl)cc2CN)C1. The highest BCUT2D eigenvalue weighted by molar-refractivity contribution is 6.30. The zero-order valence-electron chi connectivity index (χ0n) is 11.2. The van der Waals surface area contributed by atoms with Gasteiger partial charge in [0.2, 0.25) is 0 Å². The predicted molar refractivity (Wildman–Crippen MR) is 78.2 cm³/mol. The van der Waals surface area contributed by atoms with E-state index in [0.29, 0.717) is 6.54 Å². The van der Waals surface area contributed by atoms with E-state index in [9.17, 15) is 0 Å². The number of benzene rings is 1. The molecule has 1 heterocycles. The van der Waals surface area contributed by atoms with Gasteiger partial charge in [-0.3, -0.25) is 0 Å². The maximum absolute atomic E-state index is 6.01. The third-order valence-electron chi connectivity index (χ3n) is 3.69. The van der Waals surface area contributed by atoms with Gasteiger partial charge in [-0.1, -0.05) is 11.6 Å². The van der Waals surface area contributed by atoms with Crippen LogP contribution in [0.1, 0.15) is 12.0 Å². The van der Waals surface area contributed by atoms with Gasteiger partial charge >= 0.3 is 0 Å². The predicted octanol–water partition coefficient (Wildman–Crippen LogP) is 2.19. The summed E-state index contributed by atoms with van der Waals surface area (Å²) in [7, 11) is 4.33. The first kappa shape index (κ1) is 13.7. The smallest absolute Gasteiger partial charge is 0.0410 e. The van der Waals surface area contributed by atoms with Crippen molar-refractivity contribution < 1.29 is 0 Å². The number of hydrogen-bond donors (Lipinski definition) is 1. The van der Waals surface area contributed by atoms with Crippen LogP contribution < -0.4 is 10.6 Å². The molecule has 0 spiro atoms. The Balaban J connectivity index is 2.06. The number of nitrogens with two attached hydrogens (primary N) is 1. The quantitative estimate of drug-likeness (QED) is 0.908. The van der Waals surface area contributed by atoms with Gasteiger partial charge in [-0.15, -0.1) is 0 Å². The Hall–Kier alpha value is -0.770. The molecule has 1 saturated heterocycles. The van der Waals surface area contributed by atoms with Crippen molar-refractivity contribution >= 4 is 17.3 Å². The summed E-state index contributed by atoms with van der Waals surface area (Å²) in [6.45, 7) is 4.02. The summed E-state index contributed by atoms with van der Waals surface area (Å²) in [5, 5.41) is 0.758. The molecule has 100 valence electrons. The molecule has 18 heavy (non-hydrogen) atoms. The second-order valence-corrected chi connectivity index (χ2v) is 5.71. The van der Waals surface area contributed by atoms with Gasteiger partial charge in [0.1, 0.15) is 0 Å². The van der Waals surface area contributed by atoms with Crippen molar-refractivity contribution in [2.75, 3.05) is 38.6 Å². The molecule has 1 aliphatic heterocycles. The number of likely N-dealkylation sites (tertiary alicyclic amines) is 1. The van der Waals surface area contributed by atoms with Crippen LogP contribution in [-0.2, 0) is 6.54 Å². The lowest BCUT2D eigenvalue weighted by atomic mass is 10.1. The van der Waals surface area contributed by atoms with Gasteiger partial charge in [-0.2, -0.15) is 0 Å². The minimum Gasteiger partial charge on any atom is -0.374 e. The standard InChI is InChI=1S/C14H22ClN3/c1-17-6-5-11(9-17)10-18(2)14-4-3-13(15)7-12(14)8-16/h3-4,7,11H,5-6,8-10,16H2,1-2H3. The minimum atomic E-state index is 0.533. The van der Waals surface area contributed by atoms with E-state index < -0.39 is 0 Å². The third kappa shape index (κ3) is 3.16. The second-order valence-electron chi connectivity index (χ2n) is 5.27. The molecule has 1 aromatic rings. The number of rotatable bonds is 4. The number of nitrogens with zero attached hydrogens (tertiary/aromatic N) is 2. The first-order valence-corrected chi connectivity index (χ1v) is 6.86. The van der Waals surface area contributed by atoms with Gasteiger partial charge in [0, 0.05) is 37.4 Å². The van der Waals surface area contributed by atoms with E-state index in [-0.39, 0.29) is 0 Å². The van der Waals surface area contributed by atoms with Crippen molar-refractivity contribution in [3.63, 3.8) is 0 Å². The van der Waals surface area contributed by atoms with Crippen molar-refractivity contribution in [2.45, 2.75) is 13.0 Å². The highest BCUT2D eigenvalue weighted by Gasteiger charge is 2.21.